The van der Waals surface area contributed by atoms with Gasteiger partial charge in [0.2, 0.25) is 21.8 Å². The molecule has 1 aliphatic carbocycles. The predicted molar refractivity (Wildman–Crippen MR) is 97.7 cm³/mol. The first-order valence-corrected chi connectivity index (χ1v) is 10.7. The molecule has 1 heterocycles. The van der Waals surface area contributed by atoms with Gasteiger partial charge in [-0.2, -0.15) is 0 Å². The minimum absolute atomic E-state index is 0.111. The molecule has 3 rings (SSSR count). The fourth-order valence-electron chi connectivity index (χ4n) is 3.41. The molecule has 1 saturated heterocycles. The fourth-order valence-corrected chi connectivity index (χ4v) is 4.29. The molecule has 1 saturated carbocycles. The molecule has 0 radical (unpaired) electrons. The van der Waals surface area contributed by atoms with Gasteiger partial charge in [-0.25, -0.2) is 12.7 Å². The summed E-state index contributed by atoms with van der Waals surface area (Å²) in [6.45, 7) is 1.32. The van der Waals surface area contributed by atoms with Crippen LogP contribution in [0.2, 0.25) is 0 Å². The summed E-state index contributed by atoms with van der Waals surface area (Å²) in [6.07, 6.45) is 4.35. The number of nitrogens with zero attached hydrogens (tertiary/aromatic N) is 2. The van der Waals surface area contributed by atoms with Crippen LogP contribution in [0.25, 0.3) is 0 Å². The van der Waals surface area contributed by atoms with E-state index in [1.165, 1.54) is 10.6 Å². The molecule has 2 aliphatic rings. The van der Waals surface area contributed by atoms with Crippen LogP contribution in [-0.4, -0.2) is 54.8 Å². The minimum Gasteiger partial charge on any atom is -0.366 e. The summed E-state index contributed by atoms with van der Waals surface area (Å²) in [5, 5.41) is 0. The Kier molecular flexibility index (Phi) is 5.34. The Balaban J connectivity index is 1.65. The van der Waals surface area contributed by atoms with Gasteiger partial charge in [-0.3, -0.25) is 9.59 Å². The lowest BCUT2D eigenvalue weighted by atomic mass is 9.96. The van der Waals surface area contributed by atoms with Crippen molar-refractivity contribution in [2.24, 2.45) is 11.7 Å². The maximum Gasteiger partial charge on any atom is 0.248 e. The quantitative estimate of drug-likeness (QED) is 0.795. The number of carbonyl (C=O) groups excluding carboxylic acids is 2. The van der Waals surface area contributed by atoms with Crippen LogP contribution in [0.5, 0.6) is 0 Å². The molecule has 0 spiro atoms. The van der Waals surface area contributed by atoms with E-state index in [2.05, 4.69) is 0 Å². The Labute approximate surface area is 154 Å². The summed E-state index contributed by atoms with van der Waals surface area (Å²) in [6, 6.07) is 7.28. The zero-order chi connectivity index (χ0) is 18.9. The Morgan fingerprint density at radius 3 is 2.15 bits per heavy atom. The van der Waals surface area contributed by atoms with Gasteiger partial charge in [0.15, 0.2) is 0 Å². The second-order valence-electron chi connectivity index (χ2n) is 7.19. The molecule has 0 aromatic heterocycles. The zero-order valence-corrected chi connectivity index (χ0v) is 15.7. The van der Waals surface area contributed by atoms with Gasteiger partial charge in [0.05, 0.1) is 6.26 Å². The van der Waals surface area contributed by atoms with Crippen LogP contribution in [0, 0.1) is 5.92 Å². The number of amides is 2. The molecule has 2 fully saturated rings. The fraction of sp³-hybridized carbons (Fsp3) is 0.556. The third-order valence-corrected chi connectivity index (χ3v) is 6.44. The van der Waals surface area contributed by atoms with Crippen molar-refractivity contribution in [3.8, 4) is 0 Å². The Hall–Kier alpha value is -1.93. The summed E-state index contributed by atoms with van der Waals surface area (Å²) in [7, 11) is -3.19. The number of hydrogen-bond acceptors (Lipinski definition) is 4. The monoisotopic (exact) mass is 379 g/mol. The first-order chi connectivity index (χ1) is 12.3. The van der Waals surface area contributed by atoms with E-state index >= 15 is 0 Å². The summed E-state index contributed by atoms with van der Waals surface area (Å²) < 4.78 is 24.7. The van der Waals surface area contributed by atoms with Crippen molar-refractivity contribution in [2.45, 2.75) is 38.3 Å². The Bertz CT molecular complexity index is 779. The lowest BCUT2D eigenvalue weighted by Gasteiger charge is -2.33. The Morgan fingerprint density at radius 2 is 1.69 bits per heavy atom. The topological polar surface area (TPSA) is 101 Å². The molecular formula is C18H25N3O4S. The average molecular weight is 379 g/mol. The van der Waals surface area contributed by atoms with Gasteiger partial charge in [-0.1, -0.05) is 12.1 Å². The second kappa shape index (κ2) is 7.36. The van der Waals surface area contributed by atoms with E-state index in [1.54, 1.807) is 12.1 Å². The van der Waals surface area contributed by atoms with Crippen molar-refractivity contribution in [3.05, 3.63) is 35.4 Å². The second-order valence-corrected chi connectivity index (χ2v) is 9.18. The highest BCUT2D eigenvalue weighted by atomic mass is 32.2. The minimum atomic E-state index is -3.19. The normalized spacial score (nSPS) is 19.3. The maximum atomic E-state index is 13.0. The molecule has 1 aliphatic heterocycles. The number of sulfonamides is 1. The Morgan fingerprint density at radius 1 is 1.12 bits per heavy atom. The van der Waals surface area contributed by atoms with E-state index in [0.29, 0.717) is 38.0 Å². The van der Waals surface area contributed by atoms with Crippen LogP contribution in [0.1, 0.15) is 41.6 Å². The lowest BCUT2D eigenvalue weighted by Crippen LogP contribution is -2.44. The van der Waals surface area contributed by atoms with Gasteiger partial charge in [0.25, 0.3) is 0 Å². The van der Waals surface area contributed by atoms with Crippen molar-refractivity contribution >= 4 is 21.8 Å². The van der Waals surface area contributed by atoms with Gasteiger partial charge in [0.1, 0.15) is 0 Å². The molecule has 2 N–H and O–H groups in total. The molecule has 2 amide bonds. The SMILES string of the molecule is CS(=O)(=O)N1CCC(C(=O)N(Cc2ccc(C(N)=O)cc2)C2CC2)CC1. The summed E-state index contributed by atoms with van der Waals surface area (Å²) >= 11 is 0. The summed E-state index contributed by atoms with van der Waals surface area (Å²) in [4.78, 5) is 26.1. The number of primary amides is 1. The first kappa shape index (κ1) is 18.8. The largest absolute Gasteiger partial charge is 0.366 e. The summed E-state index contributed by atoms with van der Waals surface area (Å²) in [5.74, 6) is -0.484. The van der Waals surface area contributed by atoms with Crippen molar-refractivity contribution in [1.82, 2.24) is 9.21 Å². The smallest absolute Gasteiger partial charge is 0.248 e. The summed E-state index contributed by atoms with van der Waals surface area (Å²) in [5.41, 5.74) is 6.67. The molecule has 1 aromatic carbocycles. The van der Waals surface area contributed by atoms with Crippen molar-refractivity contribution < 1.29 is 18.0 Å². The van der Waals surface area contributed by atoms with Crippen LogP contribution in [0.15, 0.2) is 24.3 Å². The highest BCUT2D eigenvalue weighted by Crippen LogP contribution is 2.32. The molecule has 1 aromatic rings. The van der Waals surface area contributed by atoms with Gasteiger partial charge in [-0.15, -0.1) is 0 Å². The third-order valence-electron chi connectivity index (χ3n) is 5.13. The number of piperidine rings is 1. The van der Waals surface area contributed by atoms with Crippen LogP contribution >= 0.6 is 0 Å². The predicted octanol–water partition coefficient (Wildman–Crippen LogP) is 0.948. The highest BCUT2D eigenvalue weighted by Gasteiger charge is 2.37. The molecule has 26 heavy (non-hydrogen) atoms. The molecule has 0 unspecified atom stereocenters. The van der Waals surface area contributed by atoms with E-state index in [1.807, 2.05) is 17.0 Å². The molecule has 7 nitrogen and oxygen atoms in total. The molecule has 0 atom stereocenters. The van der Waals surface area contributed by atoms with Crippen molar-refractivity contribution in [1.29, 1.82) is 0 Å². The van der Waals surface area contributed by atoms with E-state index in [9.17, 15) is 18.0 Å². The molecule has 8 heteroatoms. The molecular weight excluding hydrogens is 354 g/mol. The van der Waals surface area contributed by atoms with E-state index in [4.69, 9.17) is 5.73 Å². The maximum absolute atomic E-state index is 13.0. The number of hydrogen-bond donors (Lipinski definition) is 1. The first-order valence-electron chi connectivity index (χ1n) is 8.90. The van der Waals surface area contributed by atoms with Crippen LogP contribution < -0.4 is 5.73 Å². The van der Waals surface area contributed by atoms with Gasteiger partial charge in [0, 0.05) is 37.2 Å². The van der Waals surface area contributed by atoms with E-state index in [0.717, 1.165) is 18.4 Å². The van der Waals surface area contributed by atoms with Gasteiger partial charge >= 0.3 is 0 Å². The number of rotatable bonds is 6. The average Bonchev–Trinajstić information content (AvgIpc) is 3.44. The van der Waals surface area contributed by atoms with Crippen LogP contribution in [-0.2, 0) is 21.4 Å². The molecule has 0 bridgehead atoms. The molecule has 142 valence electrons. The number of nitrogens with two attached hydrogens (primary N) is 1. The van der Waals surface area contributed by atoms with Crippen molar-refractivity contribution in [2.75, 3.05) is 19.3 Å². The third kappa shape index (κ3) is 4.42. The van der Waals surface area contributed by atoms with E-state index < -0.39 is 15.9 Å². The van der Waals surface area contributed by atoms with Crippen LogP contribution in [0.4, 0.5) is 0 Å². The number of carbonyl (C=O) groups is 2. The zero-order valence-electron chi connectivity index (χ0n) is 14.9. The van der Waals surface area contributed by atoms with E-state index in [-0.39, 0.29) is 17.9 Å². The standard InChI is InChI=1S/C18H25N3O4S/c1-26(24,25)20-10-8-15(9-11-20)18(23)21(16-6-7-16)12-13-2-4-14(5-3-13)17(19)22/h2-5,15-16H,6-12H2,1H3,(H2,19,22). The van der Waals surface area contributed by atoms with Gasteiger partial charge in [-0.05, 0) is 43.4 Å². The van der Waals surface area contributed by atoms with Crippen LogP contribution in [0.3, 0.4) is 0 Å². The highest BCUT2D eigenvalue weighted by molar-refractivity contribution is 7.88. The number of benzene rings is 1. The van der Waals surface area contributed by atoms with Crippen molar-refractivity contribution in [3.63, 3.8) is 0 Å². The van der Waals surface area contributed by atoms with Gasteiger partial charge < -0.3 is 10.6 Å². The lowest BCUT2D eigenvalue weighted by molar-refractivity contribution is -0.138.